The number of methoxy groups -OCH3 is 3. The zero-order chi connectivity index (χ0) is 14.5. The lowest BCUT2D eigenvalue weighted by atomic mass is 10.1. The Balaban J connectivity index is 2.11. The van der Waals surface area contributed by atoms with Crippen LogP contribution >= 0.6 is 0 Å². The first-order chi connectivity index (χ1) is 9.67. The molecule has 2 rings (SSSR count). The van der Waals surface area contributed by atoms with Gasteiger partial charge in [0.05, 0.1) is 27.9 Å². The molecule has 0 unspecified atom stereocenters. The fourth-order valence-electron chi connectivity index (χ4n) is 2.19. The average molecular weight is 279 g/mol. The third-order valence-corrected chi connectivity index (χ3v) is 3.49. The Labute approximate surface area is 119 Å². The highest BCUT2D eigenvalue weighted by Crippen LogP contribution is 2.31. The molecule has 0 radical (unpaired) electrons. The smallest absolute Gasteiger partial charge is 0.319 e. The summed E-state index contributed by atoms with van der Waals surface area (Å²) in [5, 5.41) is 0. The molecule has 0 heterocycles. The van der Waals surface area contributed by atoms with E-state index in [1.807, 2.05) is 18.2 Å². The lowest BCUT2D eigenvalue weighted by Gasteiger charge is -2.22. The van der Waals surface area contributed by atoms with E-state index in [9.17, 15) is 4.79 Å². The molecular weight excluding hydrogens is 258 g/mol. The minimum absolute atomic E-state index is 0.204. The van der Waals surface area contributed by atoms with E-state index < -0.39 is 0 Å². The quantitative estimate of drug-likeness (QED) is 0.713. The fraction of sp³-hybridized carbons (Fsp3) is 0.533. The number of carbonyl (C=O) groups is 1. The van der Waals surface area contributed by atoms with Crippen LogP contribution in [0.4, 0.5) is 0 Å². The molecule has 1 saturated carbocycles. The first-order valence-electron chi connectivity index (χ1n) is 6.69. The molecule has 0 atom stereocenters. The molecule has 1 fully saturated rings. The minimum atomic E-state index is -0.204. The summed E-state index contributed by atoms with van der Waals surface area (Å²) in [6, 6.07) is 6.21. The van der Waals surface area contributed by atoms with Crippen molar-refractivity contribution in [3.05, 3.63) is 23.8 Å². The van der Waals surface area contributed by atoms with Crippen molar-refractivity contribution >= 4 is 5.97 Å². The van der Waals surface area contributed by atoms with E-state index in [0.717, 1.165) is 29.9 Å². The zero-order valence-electron chi connectivity index (χ0n) is 12.2. The molecule has 20 heavy (non-hydrogen) atoms. The van der Waals surface area contributed by atoms with E-state index in [4.69, 9.17) is 14.2 Å². The van der Waals surface area contributed by atoms with Gasteiger partial charge < -0.3 is 14.2 Å². The largest absolute Gasteiger partial charge is 0.497 e. The van der Waals surface area contributed by atoms with Gasteiger partial charge in [0.1, 0.15) is 11.5 Å². The first kappa shape index (κ1) is 14.7. The van der Waals surface area contributed by atoms with Crippen molar-refractivity contribution in [1.29, 1.82) is 0 Å². The van der Waals surface area contributed by atoms with Crippen molar-refractivity contribution < 1.29 is 19.0 Å². The normalized spacial score (nSPS) is 14.2. The first-order valence-corrected chi connectivity index (χ1v) is 6.69. The Bertz CT molecular complexity index is 471. The predicted molar refractivity (Wildman–Crippen MR) is 75.0 cm³/mol. The molecule has 5 heteroatoms. The van der Waals surface area contributed by atoms with E-state index in [1.165, 1.54) is 7.11 Å². The lowest BCUT2D eigenvalue weighted by molar-refractivity contribution is -0.142. The van der Waals surface area contributed by atoms with Gasteiger partial charge in [0.15, 0.2) is 0 Å². The van der Waals surface area contributed by atoms with Gasteiger partial charge in [-0.1, -0.05) is 6.07 Å². The van der Waals surface area contributed by atoms with Gasteiger partial charge in [-0.15, -0.1) is 0 Å². The van der Waals surface area contributed by atoms with Gasteiger partial charge >= 0.3 is 5.97 Å². The minimum Gasteiger partial charge on any atom is -0.497 e. The molecule has 110 valence electrons. The SMILES string of the molecule is COC(=O)CN(Cc1ccc(OC)cc1OC)C1CC1. The number of ether oxygens (including phenoxy) is 3. The standard InChI is InChI=1S/C15H21NO4/c1-18-13-7-4-11(14(8-13)19-2)9-16(12-5-6-12)10-15(17)20-3/h4,7-8,12H,5-6,9-10H2,1-3H3. The summed E-state index contributed by atoms with van der Waals surface area (Å²) < 4.78 is 15.3. The van der Waals surface area contributed by atoms with Crippen molar-refractivity contribution in [3.63, 3.8) is 0 Å². The van der Waals surface area contributed by atoms with Gasteiger partial charge in [-0.05, 0) is 18.9 Å². The average Bonchev–Trinajstić information content (AvgIpc) is 3.31. The third-order valence-electron chi connectivity index (χ3n) is 3.49. The molecule has 1 aromatic rings. The van der Waals surface area contributed by atoms with Crippen molar-refractivity contribution in [1.82, 2.24) is 4.90 Å². The number of benzene rings is 1. The maximum absolute atomic E-state index is 11.5. The van der Waals surface area contributed by atoms with E-state index in [-0.39, 0.29) is 5.97 Å². The summed E-state index contributed by atoms with van der Waals surface area (Å²) in [6.45, 7) is 0.989. The van der Waals surface area contributed by atoms with E-state index in [1.54, 1.807) is 14.2 Å². The van der Waals surface area contributed by atoms with E-state index in [2.05, 4.69) is 4.90 Å². The van der Waals surface area contributed by atoms with Crippen LogP contribution in [-0.2, 0) is 16.1 Å². The number of esters is 1. The summed E-state index contributed by atoms with van der Waals surface area (Å²) in [6.07, 6.45) is 2.27. The van der Waals surface area contributed by atoms with Crippen molar-refractivity contribution in [3.8, 4) is 11.5 Å². The van der Waals surface area contributed by atoms with Crippen LogP contribution in [0.5, 0.6) is 11.5 Å². The molecule has 1 aromatic carbocycles. The Morgan fingerprint density at radius 1 is 1.25 bits per heavy atom. The molecule has 0 bridgehead atoms. The van der Waals surface area contributed by atoms with Crippen LogP contribution < -0.4 is 9.47 Å². The van der Waals surface area contributed by atoms with E-state index >= 15 is 0 Å². The maximum atomic E-state index is 11.5. The Hall–Kier alpha value is -1.75. The molecule has 1 aliphatic rings. The zero-order valence-corrected chi connectivity index (χ0v) is 12.2. The molecule has 0 aromatic heterocycles. The van der Waals surface area contributed by atoms with Crippen molar-refractivity contribution in [2.75, 3.05) is 27.9 Å². The summed E-state index contributed by atoms with van der Waals surface area (Å²) in [4.78, 5) is 13.6. The van der Waals surface area contributed by atoms with Gasteiger partial charge in [0, 0.05) is 24.2 Å². The molecule has 0 saturated heterocycles. The van der Waals surface area contributed by atoms with Gasteiger partial charge in [-0.3, -0.25) is 9.69 Å². The topological polar surface area (TPSA) is 48.0 Å². The molecule has 0 amide bonds. The Morgan fingerprint density at radius 3 is 2.55 bits per heavy atom. The van der Waals surface area contributed by atoms with Gasteiger partial charge in [-0.25, -0.2) is 0 Å². The van der Waals surface area contributed by atoms with Gasteiger partial charge in [-0.2, -0.15) is 0 Å². The molecule has 0 aliphatic heterocycles. The summed E-state index contributed by atoms with van der Waals surface area (Å²) in [7, 11) is 4.68. The van der Waals surface area contributed by atoms with Crippen LogP contribution in [0.3, 0.4) is 0 Å². The van der Waals surface area contributed by atoms with Crippen LogP contribution in [0.25, 0.3) is 0 Å². The second-order valence-corrected chi connectivity index (χ2v) is 4.89. The molecular formula is C15H21NO4. The van der Waals surface area contributed by atoms with Crippen LogP contribution in [-0.4, -0.2) is 44.8 Å². The fourth-order valence-corrected chi connectivity index (χ4v) is 2.19. The number of nitrogens with zero attached hydrogens (tertiary/aromatic N) is 1. The van der Waals surface area contributed by atoms with Crippen molar-refractivity contribution in [2.24, 2.45) is 0 Å². The maximum Gasteiger partial charge on any atom is 0.319 e. The predicted octanol–water partition coefficient (Wildman–Crippen LogP) is 1.84. The van der Waals surface area contributed by atoms with Crippen LogP contribution in [0.15, 0.2) is 18.2 Å². The molecule has 0 spiro atoms. The summed E-state index contributed by atoms with van der Waals surface area (Å²) >= 11 is 0. The number of hydrogen-bond donors (Lipinski definition) is 0. The highest BCUT2D eigenvalue weighted by molar-refractivity contribution is 5.71. The highest BCUT2D eigenvalue weighted by atomic mass is 16.5. The molecule has 1 aliphatic carbocycles. The van der Waals surface area contributed by atoms with Gasteiger partial charge in [0.2, 0.25) is 0 Å². The van der Waals surface area contributed by atoms with Crippen LogP contribution in [0.1, 0.15) is 18.4 Å². The number of hydrogen-bond acceptors (Lipinski definition) is 5. The van der Waals surface area contributed by atoms with Crippen LogP contribution in [0, 0.1) is 0 Å². The second-order valence-electron chi connectivity index (χ2n) is 4.89. The lowest BCUT2D eigenvalue weighted by Crippen LogP contribution is -2.32. The Kier molecular flexibility index (Phi) is 4.84. The summed E-state index contributed by atoms with van der Waals surface area (Å²) in [5.74, 6) is 1.33. The number of rotatable bonds is 7. The van der Waals surface area contributed by atoms with Crippen molar-refractivity contribution in [2.45, 2.75) is 25.4 Å². The number of carbonyl (C=O) groups excluding carboxylic acids is 1. The van der Waals surface area contributed by atoms with E-state index in [0.29, 0.717) is 19.1 Å². The Morgan fingerprint density at radius 2 is 2.00 bits per heavy atom. The molecule has 5 nitrogen and oxygen atoms in total. The van der Waals surface area contributed by atoms with Crippen LogP contribution in [0.2, 0.25) is 0 Å². The highest BCUT2D eigenvalue weighted by Gasteiger charge is 2.31. The second kappa shape index (κ2) is 6.61. The van der Waals surface area contributed by atoms with Gasteiger partial charge in [0.25, 0.3) is 0 Å². The summed E-state index contributed by atoms with van der Waals surface area (Å²) in [5.41, 5.74) is 1.05. The monoisotopic (exact) mass is 279 g/mol. The third kappa shape index (κ3) is 3.63. The molecule has 0 N–H and O–H groups in total.